The zero-order chi connectivity index (χ0) is 17.5. The minimum absolute atomic E-state index is 0.351. The maximum Gasteiger partial charge on any atom is 0.331 e. The lowest BCUT2D eigenvalue weighted by Gasteiger charge is -2.12. The number of amides is 1. The fourth-order valence-electron chi connectivity index (χ4n) is 1.97. The molecule has 0 aliphatic carbocycles. The van der Waals surface area contributed by atoms with Gasteiger partial charge in [-0.2, -0.15) is 0 Å². The first-order chi connectivity index (χ1) is 11.4. The number of halogens is 1. The molecule has 0 fully saturated rings. The summed E-state index contributed by atoms with van der Waals surface area (Å²) in [7, 11) is 0. The van der Waals surface area contributed by atoms with Gasteiger partial charge in [0.05, 0.1) is 0 Å². The molecule has 0 aliphatic rings. The Balaban J connectivity index is 1.88. The quantitative estimate of drug-likeness (QED) is 0.673. The first-order valence-electron chi connectivity index (χ1n) is 7.46. The summed E-state index contributed by atoms with van der Waals surface area (Å²) in [4.78, 5) is 23.8. The lowest BCUT2D eigenvalue weighted by Crippen LogP contribution is -2.29. The number of rotatable bonds is 5. The number of hydrogen-bond donors (Lipinski definition) is 1. The van der Waals surface area contributed by atoms with Crippen LogP contribution in [0.2, 0.25) is 0 Å². The van der Waals surface area contributed by atoms with Crippen LogP contribution in [0.15, 0.2) is 54.6 Å². The normalized spacial score (nSPS) is 12.0. The van der Waals surface area contributed by atoms with E-state index >= 15 is 0 Å². The van der Waals surface area contributed by atoms with Crippen molar-refractivity contribution in [3.05, 3.63) is 71.6 Å². The maximum absolute atomic E-state index is 12.8. The summed E-state index contributed by atoms with van der Waals surface area (Å²) in [6, 6.07) is 13.0. The third kappa shape index (κ3) is 5.35. The molecule has 2 aromatic carbocycles. The highest BCUT2D eigenvalue weighted by Gasteiger charge is 2.16. The second kappa shape index (κ2) is 8.06. The van der Waals surface area contributed by atoms with Gasteiger partial charge in [-0.3, -0.25) is 4.79 Å². The highest BCUT2D eigenvalue weighted by molar-refractivity contribution is 5.96. The molecule has 24 heavy (non-hydrogen) atoms. The van der Waals surface area contributed by atoms with Crippen LogP contribution >= 0.6 is 0 Å². The van der Waals surface area contributed by atoms with E-state index in [-0.39, 0.29) is 5.82 Å². The summed E-state index contributed by atoms with van der Waals surface area (Å²) in [6.07, 6.45) is 1.76. The van der Waals surface area contributed by atoms with Crippen molar-refractivity contribution in [2.75, 3.05) is 5.32 Å². The second-order valence-electron chi connectivity index (χ2n) is 5.32. The Morgan fingerprint density at radius 3 is 2.54 bits per heavy atom. The molecule has 0 saturated carbocycles. The zero-order valence-electron chi connectivity index (χ0n) is 13.5. The molecule has 0 aromatic heterocycles. The largest absolute Gasteiger partial charge is 0.449 e. The molecule has 0 aliphatic heterocycles. The van der Waals surface area contributed by atoms with Crippen LogP contribution in [0.25, 0.3) is 6.08 Å². The maximum atomic E-state index is 12.8. The third-order valence-corrected chi connectivity index (χ3v) is 3.23. The predicted molar refractivity (Wildman–Crippen MR) is 90.8 cm³/mol. The Kier molecular flexibility index (Phi) is 5.84. The van der Waals surface area contributed by atoms with Crippen LogP contribution in [-0.4, -0.2) is 18.0 Å². The third-order valence-electron chi connectivity index (χ3n) is 3.23. The Morgan fingerprint density at radius 1 is 1.17 bits per heavy atom. The number of carbonyl (C=O) groups is 2. The molecule has 5 heteroatoms. The fraction of sp³-hybridized carbons (Fsp3) is 0.158. The summed E-state index contributed by atoms with van der Waals surface area (Å²) < 4.78 is 17.8. The Labute approximate surface area is 140 Å². The van der Waals surface area contributed by atoms with E-state index < -0.39 is 18.0 Å². The van der Waals surface area contributed by atoms with Crippen molar-refractivity contribution in [1.82, 2.24) is 0 Å². The zero-order valence-corrected chi connectivity index (χ0v) is 13.5. The molecular weight excluding hydrogens is 309 g/mol. The summed E-state index contributed by atoms with van der Waals surface area (Å²) in [5.41, 5.74) is 2.31. The summed E-state index contributed by atoms with van der Waals surface area (Å²) in [5, 5.41) is 2.69. The SMILES string of the molecule is Cc1cccc(NC(=O)[C@H](C)OC(=O)/C=C/c2ccc(F)cc2)c1. The Hall–Kier alpha value is -2.95. The summed E-state index contributed by atoms with van der Waals surface area (Å²) >= 11 is 0. The monoisotopic (exact) mass is 327 g/mol. The number of hydrogen-bond acceptors (Lipinski definition) is 3. The van der Waals surface area contributed by atoms with Gasteiger partial charge in [-0.05, 0) is 55.3 Å². The van der Waals surface area contributed by atoms with E-state index in [0.717, 1.165) is 5.56 Å². The van der Waals surface area contributed by atoms with Crippen molar-refractivity contribution in [3.63, 3.8) is 0 Å². The molecule has 1 atom stereocenters. The van der Waals surface area contributed by atoms with E-state index in [4.69, 9.17) is 4.74 Å². The lowest BCUT2D eigenvalue weighted by molar-refractivity contribution is -0.148. The van der Waals surface area contributed by atoms with Gasteiger partial charge < -0.3 is 10.1 Å². The minimum atomic E-state index is -0.934. The standard InChI is InChI=1S/C19H18FNO3/c1-13-4-3-5-17(12-13)21-19(23)14(2)24-18(22)11-8-15-6-9-16(20)10-7-15/h3-12,14H,1-2H3,(H,21,23)/b11-8+/t14-/m0/s1. The lowest BCUT2D eigenvalue weighted by atomic mass is 10.2. The predicted octanol–water partition coefficient (Wildman–Crippen LogP) is 3.72. The van der Waals surface area contributed by atoms with Gasteiger partial charge in [0.15, 0.2) is 6.10 Å². The van der Waals surface area contributed by atoms with E-state index in [1.54, 1.807) is 6.07 Å². The first-order valence-corrected chi connectivity index (χ1v) is 7.46. The highest BCUT2D eigenvalue weighted by Crippen LogP contribution is 2.11. The van der Waals surface area contributed by atoms with Crippen molar-refractivity contribution >= 4 is 23.6 Å². The Morgan fingerprint density at radius 2 is 1.88 bits per heavy atom. The molecule has 0 spiro atoms. The van der Waals surface area contributed by atoms with Crippen LogP contribution in [-0.2, 0) is 14.3 Å². The van der Waals surface area contributed by atoms with Crippen LogP contribution in [0.1, 0.15) is 18.1 Å². The summed E-state index contributed by atoms with van der Waals surface area (Å²) in [5.74, 6) is -1.41. The molecule has 0 radical (unpaired) electrons. The van der Waals surface area contributed by atoms with Crippen LogP contribution in [0.3, 0.4) is 0 Å². The van der Waals surface area contributed by atoms with Gasteiger partial charge in [0.1, 0.15) is 5.82 Å². The van der Waals surface area contributed by atoms with Gasteiger partial charge in [0, 0.05) is 11.8 Å². The van der Waals surface area contributed by atoms with Crippen molar-refractivity contribution < 1.29 is 18.7 Å². The van der Waals surface area contributed by atoms with Crippen molar-refractivity contribution in [2.24, 2.45) is 0 Å². The van der Waals surface area contributed by atoms with Crippen molar-refractivity contribution in [2.45, 2.75) is 20.0 Å². The molecule has 1 N–H and O–H groups in total. The van der Waals surface area contributed by atoms with Gasteiger partial charge in [0.2, 0.25) is 0 Å². The van der Waals surface area contributed by atoms with Gasteiger partial charge in [-0.15, -0.1) is 0 Å². The van der Waals surface area contributed by atoms with Gasteiger partial charge in [-0.1, -0.05) is 24.3 Å². The minimum Gasteiger partial charge on any atom is -0.449 e. The van der Waals surface area contributed by atoms with Gasteiger partial charge in [0.25, 0.3) is 5.91 Å². The smallest absolute Gasteiger partial charge is 0.331 e. The van der Waals surface area contributed by atoms with E-state index in [0.29, 0.717) is 11.3 Å². The number of nitrogens with one attached hydrogen (secondary N) is 1. The molecule has 0 bridgehead atoms. The van der Waals surface area contributed by atoms with Gasteiger partial charge in [-0.25, -0.2) is 9.18 Å². The van der Waals surface area contributed by atoms with E-state index in [1.807, 2.05) is 25.1 Å². The Bertz CT molecular complexity index is 753. The molecule has 124 valence electrons. The number of ether oxygens (including phenoxy) is 1. The molecule has 2 aromatic rings. The average molecular weight is 327 g/mol. The number of anilines is 1. The number of carbonyl (C=O) groups excluding carboxylic acids is 2. The van der Waals surface area contributed by atoms with Crippen LogP contribution in [0.4, 0.5) is 10.1 Å². The van der Waals surface area contributed by atoms with Crippen LogP contribution < -0.4 is 5.32 Å². The number of aryl methyl sites for hydroxylation is 1. The fourth-order valence-corrected chi connectivity index (χ4v) is 1.97. The van der Waals surface area contributed by atoms with Crippen molar-refractivity contribution in [1.29, 1.82) is 0 Å². The van der Waals surface area contributed by atoms with E-state index in [1.165, 1.54) is 43.3 Å². The molecule has 0 heterocycles. The molecule has 2 rings (SSSR count). The van der Waals surface area contributed by atoms with Crippen LogP contribution in [0, 0.1) is 12.7 Å². The van der Waals surface area contributed by atoms with Gasteiger partial charge >= 0.3 is 5.97 Å². The molecule has 0 saturated heterocycles. The first kappa shape index (κ1) is 17.4. The van der Waals surface area contributed by atoms with Crippen LogP contribution in [0.5, 0.6) is 0 Å². The molecule has 4 nitrogen and oxygen atoms in total. The molecule has 1 amide bonds. The average Bonchev–Trinajstić information content (AvgIpc) is 2.54. The van der Waals surface area contributed by atoms with Crippen molar-refractivity contribution in [3.8, 4) is 0 Å². The second-order valence-corrected chi connectivity index (χ2v) is 5.32. The molecule has 0 unspecified atom stereocenters. The van der Waals surface area contributed by atoms with E-state index in [9.17, 15) is 14.0 Å². The topological polar surface area (TPSA) is 55.4 Å². The summed E-state index contributed by atoms with van der Waals surface area (Å²) in [6.45, 7) is 3.41. The molecular formula is C19H18FNO3. The number of benzene rings is 2. The highest BCUT2D eigenvalue weighted by atomic mass is 19.1. The van der Waals surface area contributed by atoms with E-state index in [2.05, 4.69) is 5.32 Å². The number of esters is 1.